The fourth-order valence-corrected chi connectivity index (χ4v) is 5.09. The van der Waals surface area contributed by atoms with Gasteiger partial charge in [-0.3, -0.25) is 14.4 Å². The third-order valence-electron chi connectivity index (χ3n) is 7.41. The molecule has 0 atom stereocenters. The summed E-state index contributed by atoms with van der Waals surface area (Å²) in [5, 5.41) is 14.6. The molecule has 0 saturated carbocycles. The van der Waals surface area contributed by atoms with Crippen LogP contribution in [0, 0.1) is 6.92 Å². The van der Waals surface area contributed by atoms with Crippen molar-refractivity contribution in [3.63, 3.8) is 0 Å². The average molecular weight is 639 g/mol. The molecule has 3 heterocycles. The lowest BCUT2D eigenvalue weighted by atomic mass is 10.2. The second-order valence-corrected chi connectivity index (χ2v) is 11.8. The second-order valence-electron chi connectivity index (χ2n) is 11.8. The van der Waals surface area contributed by atoms with Crippen molar-refractivity contribution in [2.75, 3.05) is 57.5 Å². The number of hydrogen-bond acceptors (Lipinski definition) is 6. The standard InChI is InChI=1S/C32H50N10O4/c1-23-17-28(42(20-23)16-8-6-7-11-34-12-9-13-36-32(33)46)31(45)38-25-19-27(41(5)22-25)30(44)37-24-18-26(40(4)21-24)29(43)35-14-10-15-39(2)3/h17-22,34H,6-16H2,1-5H3,(H,35,43)(H,37,44)(H,38,45)(H3,33,36,46). The summed E-state index contributed by atoms with van der Waals surface area (Å²) in [5.41, 5.74) is 8.42. The van der Waals surface area contributed by atoms with Crippen molar-refractivity contribution in [2.24, 2.45) is 19.8 Å². The molecule has 3 aromatic heterocycles. The molecule has 0 aliphatic heterocycles. The van der Waals surface area contributed by atoms with E-state index in [1.54, 1.807) is 47.8 Å². The molecule has 0 bridgehead atoms. The Hall–Kier alpha value is -4.56. The van der Waals surface area contributed by atoms with Crippen LogP contribution in [0.5, 0.6) is 0 Å². The Morgan fingerprint density at radius 2 is 1.28 bits per heavy atom. The van der Waals surface area contributed by atoms with Gasteiger partial charge in [-0.15, -0.1) is 0 Å². The normalized spacial score (nSPS) is 11.1. The topological polar surface area (TPSA) is 172 Å². The molecule has 7 N–H and O–H groups in total. The number of primary amides is 1. The van der Waals surface area contributed by atoms with Crippen LogP contribution in [-0.4, -0.2) is 89.2 Å². The van der Waals surface area contributed by atoms with E-state index >= 15 is 0 Å². The lowest BCUT2D eigenvalue weighted by molar-refractivity contribution is 0.0942. The van der Waals surface area contributed by atoms with Crippen molar-refractivity contribution < 1.29 is 19.2 Å². The Morgan fingerprint density at radius 3 is 1.91 bits per heavy atom. The number of rotatable bonds is 19. The molecule has 0 aromatic carbocycles. The summed E-state index contributed by atoms with van der Waals surface area (Å²) in [4.78, 5) is 51.7. The highest BCUT2D eigenvalue weighted by Crippen LogP contribution is 2.19. The summed E-state index contributed by atoms with van der Waals surface area (Å²) >= 11 is 0. The smallest absolute Gasteiger partial charge is 0.312 e. The van der Waals surface area contributed by atoms with Crippen molar-refractivity contribution >= 4 is 35.1 Å². The van der Waals surface area contributed by atoms with Crippen LogP contribution in [0.2, 0.25) is 0 Å². The minimum Gasteiger partial charge on any atom is -0.352 e. The largest absolute Gasteiger partial charge is 0.352 e. The zero-order valence-electron chi connectivity index (χ0n) is 27.7. The first kappa shape index (κ1) is 35.9. The highest BCUT2D eigenvalue weighted by molar-refractivity contribution is 6.07. The number of aryl methyl sites for hydroxylation is 4. The van der Waals surface area contributed by atoms with Crippen LogP contribution in [0.1, 0.15) is 69.1 Å². The molecule has 5 amide bonds. The van der Waals surface area contributed by atoms with Gasteiger partial charge in [-0.05, 0) is 90.1 Å². The molecule has 3 rings (SSSR count). The molecule has 0 aliphatic carbocycles. The van der Waals surface area contributed by atoms with Crippen molar-refractivity contribution in [2.45, 2.75) is 45.6 Å². The Balaban J connectivity index is 1.49. The van der Waals surface area contributed by atoms with Crippen molar-refractivity contribution in [1.29, 1.82) is 0 Å². The molecule has 0 radical (unpaired) electrons. The van der Waals surface area contributed by atoms with Crippen LogP contribution in [0.3, 0.4) is 0 Å². The lowest BCUT2D eigenvalue weighted by Gasteiger charge is -2.10. The third kappa shape index (κ3) is 11.4. The predicted molar refractivity (Wildman–Crippen MR) is 180 cm³/mol. The molecular weight excluding hydrogens is 588 g/mol. The zero-order valence-corrected chi connectivity index (χ0v) is 27.7. The van der Waals surface area contributed by atoms with Gasteiger partial charge in [0.15, 0.2) is 0 Å². The maximum Gasteiger partial charge on any atom is 0.312 e. The van der Waals surface area contributed by atoms with E-state index in [9.17, 15) is 19.2 Å². The van der Waals surface area contributed by atoms with Gasteiger partial charge >= 0.3 is 6.03 Å². The molecule has 14 nitrogen and oxygen atoms in total. The maximum absolute atomic E-state index is 13.2. The average Bonchev–Trinajstić information content (AvgIpc) is 3.67. The van der Waals surface area contributed by atoms with Crippen LogP contribution in [0.25, 0.3) is 0 Å². The third-order valence-corrected chi connectivity index (χ3v) is 7.41. The van der Waals surface area contributed by atoms with Gasteiger partial charge in [0.25, 0.3) is 17.7 Å². The number of nitrogens with two attached hydrogens (primary N) is 1. The van der Waals surface area contributed by atoms with Crippen LogP contribution in [0.4, 0.5) is 16.2 Å². The highest BCUT2D eigenvalue weighted by atomic mass is 16.2. The lowest BCUT2D eigenvalue weighted by Crippen LogP contribution is -2.31. The number of nitrogens with one attached hydrogen (secondary N) is 5. The van der Waals surface area contributed by atoms with Gasteiger partial charge in [-0.1, -0.05) is 6.42 Å². The molecule has 14 heteroatoms. The Morgan fingerprint density at radius 1 is 0.696 bits per heavy atom. The number of anilines is 2. The Kier molecular flexibility index (Phi) is 13.9. The summed E-state index contributed by atoms with van der Waals surface area (Å²) in [7, 11) is 7.47. The zero-order chi connectivity index (χ0) is 33.6. The van der Waals surface area contributed by atoms with Gasteiger partial charge < -0.3 is 50.9 Å². The van der Waals surface area contributed by atoms with Gasteiger partial charge in [0.2, 0.25) is 0 Å². The van der Waals surface area contributed by atoms with Crippen LogP contribution < -0.4 is 32.3 Å². The number of nitrogens with zero attached hydrogens (tertiary/aromatic N) is 4. The molecular formula is C32H50N10O4. The van der Waals surface area contributed by atoms with E-state index in [1.807, 2.05) is 37.8 Å². The Bertz CT molecular complexity index is 1470. The van der Waals surface area contributed by atoms with Gasteiger partial charge in [0, 0.05) is 52.3 Å². The molecule has 0 fully saturated rings. The number of urea groups is 1. The summed E-state index contributed by atoms with van der Waals surface area (Å²) in [6.45, 7) is 6.37. The quantitative estimate of drug-likeness (QED) is 0.110. The number of carbonyl (C=O) groups is 4. The number of carbonyl (C=O) groups excluding carboxylic acids is 4. The predicted octanol–water partition coefficient (Wildman–Crippen LogP) is 2.48. The van der Waals surface area contributed by atoms with Crippen molar-refractivity contribution in [3.05, 3.63) is 59.4 Å². The first-order valence-corrected chi connectivity index (χ1v) is 15.7. The van der Waals surface area contributed by atoms with Gasteiger partial charge in [0.1, 0.15) is 17.1 Å². The molecule has 252 valence electrons. The van der Waals surface area contributed by atoms with Crippen molar-refractivity contribution in [1.82, 2.24) is 34.6 Å². The van der Waals surface area contributed by atoms with Gasteiger partial charge in [0.05, 0.1) is 11.4 Å². The van der Waals surface area contributed by atoms with Gasteiger partial charge in [-0.2, -0.15) is 0 Å². The first-order chi connectivity index (χ1) is 21.9. The summed E-state index contributed by atoms with van der Waals surface area (Å²) in [6, 6.07) is 4.63. The fraction of sp³-hybridized carbons (Fsp3) is 0.500. The number of hydrogen-bond donors (Lipinski definition) is 6. The summed E-state index contributed by atoms with van der Waals surface area (Å²) in [6.07, 6.45) is 9.96. The van der Waals surface area contributed by atoms with E-state index in [2.05, 4.69) is 31.5 Å². The molecule has 0 aliphatic rings. The molecule has 3 aromatic rings. The van der Waals surface area contributed by atoms with E-state index < -0.39 is 6.03 Å². The highest BCUT2D eigenvalue weighted by Gasteiger charge is 2.18. The van der Waals surface area contributed by atoms with Crippen LogP contribution in [-0.2, 0) is 20.6 Å². The molecule has 0 saturated heterocycles. The molecule has 0 unspecified atom stereocenters. The summed E-state index contributed by atoms with van der Waals surface area (Å²) in [5.74, 6) is -0.811. The van der Waals surface area contributed by atoms with E-state index in [-0.39, 0.29) is 17.7 Å². The summed E-state index contributed by atoms with van der Waals surface area (Å²) < 4.78 is 5.30. The number of unbranched alkanes of at least 4 members (excludes halogenated alkanes) is 2. The van der Waals surface area contributed by atoms with E-state index in [0.717, 1.165) is 63.8 Å². The van der Waals surface area contributed by atoms with E-state index in [1.165, 1.54) is 0 Å². The molecule has 46 heavy (non-hydrogen) atoms. The van der Waals surface area contributed by atoms with Crippen molar-refractivity contribution in [3.8, 4) is 0 Å². The first-order valence-electron chi connectivity index (χ1n) is 15.7. The SMILES string of the molecule is Cc1cc(C(=O)Nc2cc(C(=O)Nc3cc(C(=O)NCCCN(C)C)n(C)c3)n(C)c2)n(CCCCCNCCCNC(N)=O)c1. The molecule has 0 spiro atoms. The van der Waals surface area contributed by atoms with E-state index in [0.29, 0.717) is 41.5 Å². The monoisotopic (exact) mass is 638 g/mol. The fourth-order valence-electron chi connectivity index (χ4n) is 5.09. The van der Waals surface area contributed by atoms with Crippen LogP contribution >= 0.6 is 0 Å². The maximum atomic E-state index is 13.2. The number of amides is 5. The minimum atomic E-state index is -0.502. The van der Waals surface area contributed by atoms with Gasteiger partial charge in [-0.25, -0.2) is 4.79 Å². The van der Waals surface area contributed by atoms with Crippen LogP contribution in [0.15, 0.2) is 36.8 Å². The Labute approximate surface area is 271 Å². The number of aromatic nitrogens is 3. The second kappa shape index (κ2) is 17.8. The van der Waals surface area contributed by atoms with E-state index in [4.69, 9.17) is 5.73 Å². The minimum absolute atomic E-state index is 0.203.